The summed E-state index contributed by atoms with van der Waals surface area (Å²) in [6.07, 6.45) is 6.18. The molecule has 1 saturated carbocycles. The van der Waals surface area contributed by atoms with E-state index in [1.807, 2.05) is 0 Å². The van der Waals surface area contributed by atoms with E-state index in [2.05, 4.69) is 13.8 Å². The van der Waals surface area contributed by atoms with Gasteiger partial charge in [0.1, 0.15) is 0 Å². The van der Waals surface area contributed by atoms with Crippen LogP contribution in [-0.4, -0.2) is 11.2 Å². The first-order chi connectivity index (χ1) is 5.24. The van der Waals surface area contributed by atoms with Gasteiger partial charge in [0.25, 0.3) is 0 Å². The van der Waals surface area contributed by atoms with Gasteiger partial charge in [-0.15, -0.1) is 0 Å². The molecule has 0 unspecified atom stereocenters. The molecule has 0 bridgehead atoms. The molecule has 0 saturated heterocycles. The second-order valence-electron chi connectivity index (χ2n) is 4.01. The monoisotopic (exact) mass is 156 g/mol. The average Bonchev–Trinajstić information content (AvgIpc) is 1.98. The van der Waals surface area contributed by atoms with Crippen molar-refractivity contribution in [2.75, 3.05) is 0 Å². The molecule has 0 aromatic carbocycles. The van der Waals surface area contributed by atoms with E-state index in [0.717, 1.165) is 12.3 Å². The number of aliphatic hydroxyl groups excluding tert-OH is 1. The second kappa shape index (κ2) is 4.10. The van der Waals surface area contributed by atoms with Crippen molar-refractivity contribution in [3.8, 4) is 0 Å². The molecule has 0 amide bonds. The van der Waals surface area contributed by atoms with E-state index < -0.39 is 0 Å². The van der Waals surface area contributed by atoms with E-state index >= 15 is 0 Å². The first-order valence-electron chi connectivity index (χ1n) is 4.92. The fourth-order valence-electron chi connectivity index (χ4n) is 2.05. The highest BCUT2D eigenvalue weighted by molar-refractivity contribution is 4.76. The van der Waals surface area contributed by atoms with Gasteiger partial charge in [-0.2, -0.15) is 0 Å². The Balaban J connectivity index is 2.28. The number of aliphatic hydroxyl groups is 1. The summed E-state index contributed by atoms with van der Waals surface area (Å²) in [6.45, 7) is 4.39. The molecule has 1 nitrogen and oxygen atoms in total. The van der Waals surface area contributed by atoms with Crippen molar-refractivity contribution in [3.05, 3.63) is 0 Å². The van der Waals surface area contributed by atoms with Crippen LogP contribution in [-0.2, 0) is 0 Å². The fraction of sp³-hybridized carbons (Fsp3) is 1.00. The van der Waals surface area contributed by atoms with Gasteiger partial charge in [0, 0.05) is 0 Å². The van der Waals surface area contributed by atoms with Crippen LogP contribution in [0.3, 0.4) is 0 Å². The van der Waals surface area contributed by atoms with E-state index in [0.29, 0.717) is 5.92 Å². The van der Waals surface area contributed by atoms with Crippen LogP contribution >= 0.6 is 0 Å². The lowest BCUT2D eigenvalue weighted by Crippen LogP contribution is -2.27. The molecule has 0 aromatic rings. The van der Waals surface area contributed by atoms with E-state index in [4.69, 9.17) is 0 Å². The predicted molar refractivity (Wildman–Crippen MR) is 47.4 cm³/mol. The quantitative estimate of drug-likeness (QED) is 0.651. The molecule has 1 N–H and O–H groups in total. The molecule has 66 valence electrons. The van der Waals surface area contributed by atoms with Gasteiger partial charge in [0.2, 0.25) is 0 Å². The summed E-state index contributed by atoms with van der Waals surface area (Å²) in [5, 5.41) is 9.57. The molecule has 0 aliphatic heterocycles. The van der Waals surface area contributed by atoms with Crippen LogP contribution in [0.2, 0.25) is 0 Å². The predicted octanol–water partition coefficient (Wildman–Crippen LogP) is 2.58. The maximum atomic E-state index is 9.57. The Labute approximate surface area is 69.8 Å². The molecule has 0 radical (unpaired) electrons. The van der Waals surface area contributed by atoms with Crippen LogP contribution in [0.15, 0.2) is 0 Å². The summed E-state index contributed by atoms with van der Waals surface area (Å²) in [5.41, 5.74) is 0. The molecule has 1 heteroatoms. The Morgan fingerprint density at radius 2 is 2.09 bits per heavy atom. The molecule has 0 aromatic heterocycles. The minimum Gasteiger partial charge on any atom is -0.393 e. The van der Waals surface area contributed by atoms with Gasteiger partial charge in [-0.3, -0.25) is 0 Å². The first kappa shape index (κ1) is 9.05. The summed E-state index contributed by atoms with van der Waals surface area (Å²) >= 11 is 0. The van der Waals surface area contributed by atoms with Crippen LogP contribution in [0.5, 0.6) is 0 Å². The van der Waals surface area contributed by atoms with Gasteiger partial charge in [-0.25, -0.2) is 0 Å². The van der Waals surface area contributed by atoms with E-state index in [9.17, 15) is 5.11 Å². The molecule has 1 aliphatic carbocycles. The molecular weight excluding hydrogens is 136 g/mol. The van der Waals surface area contributed by atoms with Crippen molar-refractivity contribution >= 4 is 0 Å². The highest BCUT2D eigenvalue weighted by Gasteiger charge is 2.24. The van der Waals surface area contributed by atoms with Crippen molar-refractivity contribution in [1.82, 2.24) is 0 Å². The topological polar surface area (TPSA) is 20.2 Å². The van der Waals surface area contributed by atoms with Gasteiger partial charge >= 0.3 is 0 Å². The zero-order valence-corrected chi connectivity index (χ0v) is 7.71. The number of hydrogen-bond donors (Lipinski definition) is 1. The molecular formula is C10H20O. The summed E-state index contributed by atoms with van der Waals surface area (Å²) in [5.74, 6) is 1.36. The van der Waals surface area contributed by atoms with Gasteiger partial charge in [-0.05, 0) is 24.7 Å². The minimum absolute atomic E-state index is 0.0136. The Bertz CT molecular complexity index is 111. The summed E-state index contributed by atoms with van der Waals surface area (Å²) in [4.78, 5) is 0. The minimum atomic E-state index is -0.0136. The number of rotatable bonds is 2. The van der Waals surface area contributed by atoms with Crippen LogP contribution < -0.4 is 0 Å². The fourth-order valence-corrected chi connectivity index (χ4v) is 2.05. The van der Waals surface area contributed by atoms with Crippen molar-refractivity contribution in [1.29, 1.82) is 0 Å². The molecule has 1 fully saturated rings. The first-order valence-corrected chi connectivity index (χ1v) is 4.92. The Morgan fingerprint density at radius 3 is 2.64 bits per heavy atom. The van der Waals surface area contributed by atoms with Crippen LogP contribution in [0.25, 0.3) is 0 Å². The summed E-state index contributed by atoms with van der Waals surface area (Å²) in [6, 6.07) is 0. The van der Waals surface area contributed by atoms with Crippen molar-refractivity contribution in [2.45, 2.75) is 52.1 Å². The van der Waals surface area contributed by atoms with Crippen molar-refractivity contribution < 1.29 is 5.11 Å². The van der Waals surface area contributed by atoms with Crippen molar-refractivity contribution in [3.63, 3.8) is 0 Å². The summed E-state index contributed by atoms with van der Waals surface area (Å²) < 4.78 is 0. The van der Waals surface area contributed by atoms with E-state index in [-0.39, 0.29) is 6.10 Å². The van der Waals surface area contributed by atoms with Crippen LogP contribution in [0, 0.1) is 11.8 Å². The Kier molecular flexibility index (Phi) is 3.38. The molecule has 0 spiro atoms. The van der Waals surface area contributed by atoms with Gasteiger partial charge in [0.05, 0.1) is 6.10 Å². The highest BCUT2D eigenvalue weighted by Crippen LogP contribution is 2.31. The van der Waals surface area contributed by atoms with Gasteiger partial charge in [-0.1, -0.05) is 33.1 Å². The third kappa shape index (κ3) is 2.48. The maximum absolute atomic E-state index is 9.57. The molecule has 3 atom stereocenters. The average molecular weight is 156 g/mol. The Hall–Kier alpha value is -0.0400. The van der Waals surface area contributed by atoms with Crippen molar-refractivity contribution in [2.24, 2.45) is 11.8 Å². The lowest BCUT2D eigenvalue weighted by atomic mass is 9.79. The lowest BCUT2D eigenvalue weighted by molar-refractivity contribution is 0.0510. The highest BCUT2D eigenvalue weighted by atomic mass is 16.3. The lowest BCUT2D eigenvalue weighted by Gasteiger charge is -2.30. The Morgan fingerprint density at radius 1 is 1.36 bits per heavy atom. The molecule has 1 aliphatic rings. The van der Waals surface area contributed by atoms with E-state index in [1.54, 1.807) is 0 Å². The van der Waals surface area contributed by atoms with E-state index in [1.165, 1.54) is 25.7 Å². The second-order valence-corrected chi connectivity index (χ2v) is 4.01. The zero-order valence-electron chi connectivity index (χ0n) is 7.71. The standard InChI is InChI=1S/C10H20O/c1-3-4-9-6-5-8(2)10(11)7-9/h8-11H,3-7H2,1-2H3/t8-,9+,10-/m0/s1. The molecule has 1 rings (SSSR count). The van der Waals surface area contributed by atoms with Crippen LogP contribution in [0.1, 0.15) is 46.0 Å². The third-order valence-corrected chi connectivity index (χ3v) is 2.96. The number of hydrogen-bond acceptors (Lipinski definition) is 1. The SMILES string of the molecule is CCC[C@@H]1CC[C@H](C)[C@@H](O)C1. The zero-order chi connectivity index (χ0) is 8.27. The van der Waals surface area contributed by atoms with Gasteiger partial charge < -0.3 is 5.11 Å². The normalized spacial score (nSPS) is 39.0. The molecule has 0 heterocycles. The summed E-state index contributed by atoms with van der Waals surface area (Å²) in [7, 11) is 0. The maximum Gasteiger partial charge on any atom is 0.0568 e. The largest absolute Gasteiger partial charge is 0.393 e. The third-order valence-electron chi connectivity index (χ3n) is 2.96. The molecule has 11 heavy (non-hydrogen) atoms. The van der Waals surface area contributed by atoms with Gasteiger partial charge in [0.15, 0.2) is 0 Å². The van der Waals surface area contributed by atoms with Crippen LogP contribution in [0.4, 0.5) is 0 Å². The smallest absolute Gasteiger partial charge is 0.0568 e.